The van der Waals surface area contributed by atoms with Crippen LogP contribution in [0.2, 0.25) is 0 Å². The van der Waals surface area contributed by atoms with Gasteiger partial charge >= 0.3 is 0 Å². The lowest BCUT2D eigenvalue weighted by Gasteiger charge is -2.14. The lowest BCUT2D eigenvalue weighted by molar-refractivity contribution is 0.376. The molecule has 0 amide bonds. The minimum absolute atomic E-state index is 0.931. The Kier molecular flexibility index (Phi) is 2.52. The first-order valence-corrected chi connectivity index (χ1v) is 4.05. The average Bonchev–Trinajstić information content (AvgIpc) is 2.37. The largest absolute Gasteiger partial charge is 0.316 e. The highest BCUT2D eigenvalue weighted by Crippen LogP contribution is 2.20. The monoisotopic (exact) mass is 127 g/mol. The molecule has 0 saturated carbocycles. The minimum Gasteiger partial charge on any atom is -0.316 e. The average molecular weight is 127 g/mol. The summed E-state index contributed by atoms with van der Waals surface area (Å²) in [6.07, 6.45) is 2.74. The molecule has 0 bridgehead atoms. The first-order chi connectivity index (χ1) is 4.34. The van der Waals surface area contributed by atoms with Crippen molar-refractivity contribution < 1.29 is 0 Å². The van der Waals surface area contributed by atoms with E-state index in [-0.39, 0.29) is 0 Å². The third-order valence-corrected chi connectivity index (χ3v) is 2.55. The molecule has 1 nitrogen and oxygen atoms in total. The van der Waals surface area contributed by atoms with Crippen LogP contribution in [0.3, 0.4) is 0 Å². The van der Waals surface area contributed by atoms with Gasteiger partial charge in [0.05, 0.1) is 0 Å². The second-order valence-electron chi connectivity index (χ2n) is 3.14. The van der Waals surface area contributed by atoms with Gasteiger partial charge in [-0.3, -0.25) is 0 Å². The fourth-order valence-electron chi connectivity index (χ4n) is 1.50. The highest BCUT2D eigenvalue weighted by Gasteiger charge is 2.18. The summed E-state index contributed by atoms with van der Waals surface area (Å²) in [7, 11) is 0. The van der Waals surface area contributed by atoms with Crippen LogP contribution in [0, 0.1) is 11.8 Å². The van der Waals surface area contributed by atoms with Gasteiger partial charge in [-0.25, -0.2) is 0 Å². The number of hydrogen-bond donors (Lipinski definition) is 1. The maximum absolute atomic E-state index is 3.39. The van der Waals surface area contributed by atoms with Crippen molar-refractivity contribution in [2.75, 3.05) is 13.1 Å². The topological polar surface area (TPSA) is 12.0 Å². The van der Waals surface area contributed by atoms with Crippen molar-refractivity contribution >= 4 is 0 Å². The third-order valence-electron chi connectivity index (χ3n) is 2.55. The molecule has 0 aromatic rings. The molecule has 1 heterocycles. The predicted molar refractivity (Wildman–Crippen MR) is 40.4 cm³/mol. The molecule has 54 valence electrons. The molecule has 1 unspecified atom stereocenters. The molecule has 2 atom stereocenters. The van der Waals surface area contributed by atoms with Crippen LogP contribution in [0.25, 0.3) is 0 Å². The van der Waals surface area contributed by atoms with Crippen LogP contribution in [0.4, 0.5) is 0 Å². The van der Waals surface area contributed by atoms with Gasteiger partial charge in [0.25, 0.3) is 0 Å². The Bertz CT molecular complexity index is 74.6. The summed E-state index contributed by atoms with van der Waals surface area (Å²) < 4.78 is 0. The van der Waals surface area contributed by atoms with E-state index in [0.29, 0.717) is 0 Å². The smallest absolute Gasteiger partial charge is 0.00175 e. The molecule has 1 heteroatoms. The van der Waals surface area contributed by atoms with E-state index in [1.807, 2.05) is 0 Å². The van der Waals surface area contributed by atoms with Crippen molar-refractivity contribution in [2.24, 2.45) is 11.8 Å². The molecule has 0 aromatic heterocycles. The molecule has 1 aliphatic rings. The lowest BCUT2D eigenvalue weighted by atomic mass is 9.91. The molecule has 1 rings (SSSR count). The van der Waals surface area contributed by atoms with Crippen LogP contribution >= 0.6 is 0 Å². The van der Waals surface area contributed by atoms with Crippen LogP contribution in [-0.2, 0) is 0 Å². The fourth-order valence-corrected chi connectivity index (χ4v) is 1.50. The van der Waals surface area contributed by atoms with Gasteiger partial charge in [-0.1, -0.05) is 20.3 Å². The van der Waals surface area contributed by atoms with Gasteiger partial charge < -0.3 is 5.32 Å². The fraction of sp³-hybridized carbons (Fsp3) is 1.00. The zero-order valence-corrected chi connectivity index (χ0v) is 6.48. The second kappa shape index (κ2) is 3.21. The summed E-state index contributed by atoms with van der Waals surface area (Å²) in [5.41, 5.74) is 0. The highest BCUT2D eigenvalue weighted by molar-refractivity contribution is 4.74. The maximum atomic E-state index is 3.39. The predicted octanol–water partition coefficient (Wildman–Crippen LogP) is 1.64. The van der Waals surface area contributed by atoms with E-state index in [2.05, 4.69) is 19.2 Å². The number of hydrogen-bond acceptors (Lipinski definition) is 1. The van der Waals surface area contributed by atoms with Gasteiger partial charge in [-0.2, -0.15) is 0 Å². The van der Waals surface area contributed by atoms with Crippen molar-refractivity contribution in [2.45, 2.75) is 26.7 Å². The normalized spacial score (nSPS) is 30.7. The van der Waals surface area contributed by atoms with Crippen molar-refractivity contribution in [1.29, 1.82) is 0 Å². The molecule has 0 aliphatic carbocycles. The Morgan fingerprint density at radius 1 is 1.67 bits per heavy atom. The molecule has 1 saturated heterocycles. The van der Waals surface area contributed by atoms with E-state index in [0.717, 1.165) is 11.8 Å². The summed E-state index contributed by atoms with van der Waals surface area (Å²) in [6, 6.07) is 0. The van der Waals surface area contributed by atoms with Crippen LogP contribution in [0.15, 0.2) is 0 Å². The maximum Gasteiger partial charge on any atom is -0.00175 e. The first kappa shape index (κ1) is 7.07. The molecular weight excluding hydrogens is 110 g/mol. The van der Waals surface area contributed by atoms with Crippen molar-refractivity contribution in [3.63, 3.8) is 0 Å². The molecule has 0 aromatic carbocycles. The van der Waals surface area contributed by atoms with Crippen LogP contribution in [0.5, 0.6) is 0 Å². The third kappa shape index (κ3) is 1.68. The molecule has 1 fully saturated rings. The minimum atomic E-state index is 0.931. The number of rotatable bonds is 2. The lowest BCUT2D eigenvalue weighted by Crippen LogP contribution is -2.14. The van der Waals surface area contributed by atoms with Gasteiger partial charge in [0.15, 0.2) is 0 Å². The Morgan fingerprint density at radius 3 is 2.89 bits per heavy atom. The Morgan fingerprint density at radius 2 is 2.44 bits per heavy atom. The molecular formula is C8H17N. The van der Waals surface area contributed by atoms with Gasteiger partial charge in [0.1, 0.15) is 0 Å². The SMILES string of the molecule is CCC(C)[C@@H]1CCNC1. The molecule has 1 N–H and O–H groups in total. The van der Waals surface area contributed by atoms with Gasteiger partial charge in [-0.05, 0) is 31.3 Å². The second-order valence-corrected chi connectivity index (χ2v) is 3.14. The van der Waals surface area contributed by atoms with Crippen LogP contribution in [0.1, 0.15) is 26.7 Å². The quantitative estimate of drug-likeness (QED) is 0.594. The summed E-state index contributed by atoms with van der Waals surface area (Å²) in [5, 5.41) is 3.39. The van der Waals surface area contributed by atoms with Gasteiger partial charge in [0, 0.05) is 0 Å². The molecule has 0 spiro atoms. The van der Waals surface area contributed by atoms with E-state index in [4.69, 9.17) is 0 Å². The van der Waals surface area contributed by atoms with Crippen molar-refractivity contribution in [1.82, 2.24) is 5.32 Å². The Hall–Kier alpha value is -0.0400. The summed E-state index contributed by atoms with van der Waals surface area (Å²) in [4.78, 5) is 0. The van der Waals surface area contributed by atoms with E-state index in [1.54, 1.807) is 0 Å². The summed E-state index contributed by atoms with van der Waals surface area (Å²) in [6.45, 7) is 7.14. The van der Waals surface area contributed by atoms with E-state index in [9.17, 15) is 0 Å². The summed E-state index contributed by atoms with van der Waals surface area (Å²) in [5.74, 6) is 1.90. The highest BCUT2D eigenvalue weighted by atomic mass is 14.9. The van der Waals surface area contributed by atoms with Gasteiger partial charge in [0.2, 0.25) is 0 Å². The molecule has 1 aliphatic heterocycles. The first-order valence-electron chi connectivity index (χ1n) is 4.05. The number of nitrogens with one attached hydrogen (secondary N) is 1. The van der Waals surface area contributed by atoms with Crippen LogP contribution in [-0.4, -0.2) is 13.1 Å². The molecule has 0 radical (unpaired) electrons. The van der Waals surface area contributed by atoms with Crippen LogP contribution < -0.4 is 5.32 Å². The van der Waals surface area contributed by atoms with E-state index in [1.165, 1.54) is 25.9 Å². The Balaban J connectivity index is 2.24. The van der Waals surface area contributed by atoms with E-state index < -0.39 is 0 Å². The zero-order valence-electron chi connectivity index (χ0n) is 6.48. The van der Waals surface area contributed by atoms with Crippen molar-refractivity contribution in [3.8, 4) is 0 Å². The zero-order chi connectivity index (χ0) is 6.69. The Labute approximate surface area is 57.8 Å². The molecule has 9 heavy (non-hydrogen) atoms. The standard InChI is InChI=1S/C8H17N/c1-3-7(2)8-4-5-9-6-8/h7-9H,3-6H2,1-2H3/t7?,8-/m1/s1. The van der Waals surface area contributed by atoms with E-state index >= 15 is 0 Å². The van der Waals surface area contributed by atoms with Crippen molar-refractivity contribution in [3.05, 3.63) is 0 Å². The summed E-state index contributed by atoms with van der Waals surface area (Å²) >= 11 is 0. The van der Waals surface area contributed by atoms with Gasteiger partial charge in [-0.15, -0.1) is 0 Å².